The number of carbonyl (C=O) groups is 2. The van der Waals surface area contributed by atoms with Crippen LogP contribution in [0.2, 0.25) is 0 Å². The lowest BCUT2D eigenvalue weighted by molar-refractivity contribution is -0.144. The highest BCUT2D eigenvalue weighted by Gasteiger charge is 2.42. The fourth-order valence-corrected chi connectivity index (χ4v) is 5.42. The van der Waals surface area contributed by atoms with Crippen molar-refractivity contribution in [1.82, 2.24) is 9.80 Å². The molecular formula is C16H26N2O2S. The minimum Gasteiger partial charge on any atom is -0.336 e. The Morgan fingerprint density at radius 2 is 1.90 bits per heavy atom. The van der Waals surface area contributed by atoms with E-state index in [1.54, 1.807) is 0 Å². The minimum atomic E-state index is -0.165. The quantitative estimate of drug-likeness (QED) is 0.803. The van der Waals surface area contributed by atoms with Crippen molar-refractivity contribution in [3.05, 3.63) is 0 Å². The van der Waals surface area contributed by atoms with Crippen molar-refractivity contribution in [1.29, 1.82) is 0 Å². The highest BCUT2D eigenvalue weighted by atomic mass is 32.2. The number of carbonyl (C=O) groups excluding carboxylic acids is 2. The molecule has 0 aromatic carbocycles. The van der Waals surface area contributed by atoms with Crippen molar-refractivity contribution < 1.29 is 9.59 Å². The Morgan fingerprint density at radius 1 is 1.05 bits per heavy atom. The van der Waals surface area contributed by atoms with Crippen LogP contribution in [0.3, 0.4) is 0 Å². The average molecular weight is 310 g/mol. The maximum Gasteiger partial charge on any atom is 0.245 e. The molecule has 5 heteroatoms. The summed E-state index contributed by atoms with van der Waals surface area (Å²) in [6.45, 7) is 3.60. The number of piperidine rings is 1. The lowest BCUT2D eigenvalue weighted by atomic mass is 10.0. The van der Waals surface area contributed by atoms with E-state index in [2.05, 4.69) is 11.8 Å². The maximum absolute atomic E-state index is 13.0. The molecule has 2 saturated heterocycles. The van der Waals surface area contributed by atoms with Crippen LogP contribution >= 0.6 is 11.8 Å². The summed E-state index contributed by atoms with van der Waals surface area (Å²) in [5.74, 6) is 1.53. The predicted octanol–water partition coefficient (Wildman–Crippen LogP) is 2.27. The van der Waals surface area contributed by atoms with Gasteiger partial charge in [0, 0.05) is 30.8 Å². The predicted molar refractivity (Wildman–Crippen MR) is 85.2 cm³/mol. The van der Waals surface area contributed by atoms with E-state index in [9.17, 15) is 9.59 Å². The van der Waals surface area contributed by atoms with Crippen LogP contribution in [0.25, 0.3) is 0 Å². The van der Waals surface area contributed by atoms with Gasteiger partial charge in [-0.15, -0.1) is 0 Å². The zero-order valence-corrected chi connectivity index (χ0v) is 13.7. The number of thioether (sulfide) groups is 1. The number of hydrogen-bond acceptors (Lipinski definition) is 3. The Hall–Kier alpha value is -0.710. The standard InChI is InChI=1S/C16H26N2O2S/c1-2-21-14-8-5-7-12(14)18-11-9-15(19)17-10-4-3-6-13(17)16(18)20/h12-14H,2-11H2,1H3. The molecule has 2 aliphatic heterocycles. The van der Waals surface area contributed by atoms with Crippen molar-refractivity contribution in [2.24, 2.45) is 0 Å². The molecule has 21 heavy (non-hydrogen) atoms. The molecular weight excluding hydrogens is 284 g/mol. The second-order valence-corrected chi connectivity index (χ2v) is 7.89. The van der Waals surface area contributed by atoms with Gasteiger partial charge >= 0.3 is 0 Å². The zero-order chi connectivity index (χ0) is 14.8. The second-order valence-electron chi connectivity index (χ2n) is 6.37. The van der Waals surface area contributed by atoms with E-state index in [0.29, 0.717) is 24.3 Å². The molecule has 0 bridgehead atoms. The minimum absolute atomic E-state index is 0.165. The van der Waals surface area contributed by atoms with Crippen LogP contribution in [0.5, 0.6) is 0 Å². The summed E-state index contributed by atoms with van der Waals surface area (Å²) < 4.78 is 0. The van der Waals surface area contributed by atoms with Gasteiger partial charge in [-0.1, -0.05) is 13.3 Å². The van der Waals surface area contributed by atoms with Crippen LogP contribution in [0.15, 0.2) is 0 Å². The summed E-state index contributed by atoms with van der Waals surface area (Å²) in [5, 5.41) is 0.573. The van der Waals surface area contributed by atoms with Gasteiger partial charge in [0.1, 0.15) is 6.04 Å². The Labute approximate surface area is 131 Å². The molecule has 3 unspecified atom stereocenters. The molecule has 0 N–H and O–H groups in total. The number of amides is 2. The van der Waals surface area contributed by atoms with Crippen molar-refractivity contribution >= 4 is 23.6 Å². The Morgan fingerprint density at radius 3 is 2.71 bits per heavy atom. The number of nitrogens with zero attached hydrogens (tertiary/aromatic N) is 2. The molecule has 3 atom stereocenters. The lowest BCUT2D eigenvalue weighted by Crippen LogP contribution is -2.52. The molecule has 1 aliphatic carbocycles. The summed E-state index contributed by atoms with van der Waals surface area (Å²) in [7, 11) is 0. The van der Waals surface area contributed by atoms with E-state index in [-0.39, 0.29) is 17.9 Å². The van der Waals surface area contributed by atoms with Gasteiger partial charge < -0.3 is 9.80 Å². The van der Waals surface area contributed by atoms with Crippen LogP contribution in [-0.2, 0) is 9.59 Å². The normalized spacial score (nSPS) is 34.0. The first kappa shape index (κ1) is 15.2. The molecule has 3 fully saturated rings. The number of hydrogen-bond donors (Lipinski definition) is 0. The summed E-state index contributed by atoms with van der Waals surface area (Å²) in [6.07, 6.45) is 7.05. The van der Waals surface area contributed by atoms with Gasteiger partial charge in [0.25, 0.3) is 0 Å². The van der Waals surface area contributed by atoms with Gasteiger partial charge in [-0.3, -0.25) is 9.59 Å². The van der Waals surface area contributed by atoms with Gasteiger partial charge in [0.2, 0.25) is 11.8 Å². The van der Waals surface area contributed by atoms with Gasteiger partial charge in [0.15, 0.2) is 0 Å². The van der Waals surface area contributed by atoms with Crippen LogP contribution in [0.1, 0.15) is 51.9 Å². The van der Waals surface area contributed by atoms with E-state index in [0.717, 1.165) is 38.0 Å². The lowest BCUT2D eigenvalue weighted by Gasteiger charge is -2.37. The monoisotopic (exact) mass is 310 g/mol. The molecule has 3 rings (SSSR count). The summed E-state index contributed by atoms with van der Waals surface area (Å²) >= 11 is 1.99. The maximum atomic E-state index is 13.0. The summed E-state index contributed by atoms with van der Waals surface area (Å²) in [5.41, 5.74) is 0. The first-order chi connectivity index (χ1) is 10.2. The summed E-state index contributed by atoms with van der Waals surface area (Å²) in [6, 6.07) is 0.193. The number of fused-ring (bicyclic) bond motifs is 1. The molecule has 3 aliphatic rings. The third-order valence-electron chi connectivity index (χ3n) is 5.16. The molecule has 0 aromatic rings. The largest absolute Gasteiger partial charge is 0.336 e. The fourth-order valence-electron chi connectivity index (χ4n) is 4.15. The summed E-state index contributed by atoms with van der Waals surface area (Å²) in [4.78, 5) is 29.2. The van der Waals surface area contributed by atoms with Gasteiger partial charge in [-0.25, -0.2) is 0 Å². The van der Waals surface area contributed by atoms with Gasteiger partial charge in [-0.2, -0.15) is 11.8 Å². The van der Waals surface area contributed by atoms with E-state index < -0.39 is 0 Å². The van der Waals surface area contributed by atoms with Gasteiger partial charge in [0.05, 0.1) is 0 Å². The molecule has 0 aromatic heterocycles. The Bertz CT molecular complexity index is 415. The molecule has 1 saturated carbocycles. The Balaban J connectivity index is 1.79. The molecule has 118 valence electrons. The smallest absolute Gasteiger partial charge is 0.245 e. The topological polar surface area (TPSA) is 40.6 Å². The van der Waals surface area contributed by atoms with Crippen LogP contribution < -0.4 is 0 Å². The van der Waals surface area contributed by atoms with Gasteiger partial charge in [-0.05, 0) is 37.9 Å². The molecule has 2 amide bonds. The molecule has 2 heterocycles. The molecule has 0 radical (unpaired) electrons. The van der Waals surface area contributed by atoms with E-state index in [4.69, 9.17) is 0 Å². The second kappa shape index (κ2) is 6.59. The highest BCUT2D eigenvalue weighted by Crippen LogP contribution is 2.35. The van der Waals surface area contributed by atoms with E-state index >= 15 is 0 Å². The third kappa shape index (κ3) is 2.94. The highest BCUT2D eigenvalue weighted by molar-refractivity contribution is 7.99. The zero-order valence-electron chi connectivity index (χ0n) is 12.9. The van der Waals surface area contributed by atoms with Crippen LogP contribution in [0.4, 0.5) is 0 Å². The van der Waals surface area contributed by atoms with Crippen molar-refractivity contribution in [3.8, 4) is 0 Å². The Kier molecular flexibility index (Phi) is 4.77. The fraction of sp³-hybridized carbons (Fsp3) is 0.875. The third-order valence-corrected chi connectivity index (χ3v) is 6.47. The molecule has 0 spiro atoms. The van der Waals surface area contributed by atoms with E-state index in [1.165, 1.54) is 12.8 Å². The van der Waals surface area contributed by atoms with Crippen molar-refractivity contribution in [2.45, 2.75) is 69.2 Å². The van der Waals surface area contributed by atoms with Crippen LogP contribution in [0, 0.1) is 0 Å². The average Bonchev–Trinajstić information content (AvgIpc) is 2.91. The van der Waals surface area contributed by atoms with E-state index in [1.807, 2.05) is 16.7 Å². The first-order valence-corrected chi connectivity index (χ1v) is 9.48. The van der Waals surface area contributed by atoms with Crippen molar-refractivity contribution in [2.75, 3.05) is 18.8 Å². The van der Waals surface area contributed by atoms with Crippen LogP contribution in [-0.4, -0.2) is 57.8 Å². The molecule has 4 nitrogen and oxygen atoms in total. The van der Waals surface area contributed by atoms with Crippen molar-refractivity contribution in [3.63, 3.8) is 0 Å². The first-order valence-electron chi connectivity index (χ1n) is 8.44. The number of rotatable bonds is 3. The SMILES string of the molecule is CCSC1CCCC1N1CCC(=O)N2CCCCC2C1=O.